The molecule has 4 aromatic rings. The number of rotatable bonds is 7. The summed E-state index contributed by atoms with van der Waals surface area (Å²) < 4.78 is 60.0. The van der Waals surface area contributed by atoms with Gasteiger partial charge in [-0.15, -0.1) is 0 Å². The van der Waals surface area contributed by atoms with Crippen molar-refractivity contribution in [2.45, 2.75) is 26.1 Å². The van der Waals surface area contributed by atoms with E-state index in [1.54, 1.807) is 37.2 Å². The number of amides is 1. The molecule has 0 N–H and O–H groups in total. The van der Waals surface area contributed by atoms with Gasteiger partial charge in [0.1, 0.15) is 29.0 Å². The highest BCUT2D eigenvalue weighted by atomic mass is 19.1. The zero-order valence-corrected chi connectivity index (χ0v) is 19.4. The van der Waals surface area contributed by atoms with Crippen molar-refractivity contribution in [3.05, 3.63) is 77.2 Å². The summed E-state index contributed by atoms with van der Waals surface area (Å²) in [6, 6.07) is 8.71. The maximum Gasteiger partial charge on any atom is 0.256 e. The maximum absolute atomic E-state index is 15.3. The Bertz CT molecular complexity index is 1500. The normalized spacial score (nSPS) is 16.3. The second kappa shape index (κ2) is 9.07. The van der Waals surface area contributed by atoms with Crippen LogP contribution in [0.2, 0.25) is 0 Å². The SMILES string of the molecule is [2H]C1([2H])c2ncccc2C(=O)N1Cc1c(F)cc(-c2ccc(O[C@H](C)COC)c3nn(C)cc23)cc1F. The van der Waals surface area contributed by atoms with Gasteiger partial charge in [0.15, 0.2) is 0 Å². The van der Waals surface area contributed by atoms with Gasteiger partial charge >= 0.3 is 0 Å². The van der Waals surface area contributed by atoms with Gasteiger partial charge in [0.25, 0.3) is 5.91 Å². The molecule has 2 aromatic heterocycles. The second-order valence-corrected chi connectivity index (χ2v) is 8.38. The van der Waals surface area contributed by atoms with Gasteiger partial charge in [0.05, 0.1) is 33.6 Å². The van der Waals surface area contributed by atoms with Crippen LogP contribution in [0.4, 0.5) is 8.78 Å². The summed E-state index contributed by atoms with van der Waals surface area (Å²) in [7, 11) is 3.32. The molecular formula is C26H24F2N4O3. The number of methoxy groups -OCH3 is 1. The average Bonchev–Trinajstić information content (AvgIpc) is 3.32. The van der Waals surface area contributed by atoms with E-state index in [2.05, 4.69) is 10.1 Å². The van der Waals surface area contributed by atoms with Crippen LogP contribution < -0.4 is 4.74 Å². The molecule has 2 aromatic carbocycles. The lowest BCUT2D eigenvalue weighted by Crippen LogP contribution is -2.24. The van der Waals surface area contributed by atoms with Crippen molar-refractivity contribution in [1.82, 2.24) is 19.7 Å². The number of aryl methyl sites for hydroxylation is 1. The summed E-state index contributed by atoms with van der Waals surface area (Å²) >= 11 is 0. The summed E-state index contributed by atoms with van der Waals surface area (Å²) in [4.78, 5) is 17.6. The Balaban J connectivity index is 1.50. The molecule has 1 atom stereocenters. The van der Waals surface area contributed by atoms with Crippen molar-refractivity contribution >= 4 is 16.8 Å². The molecule has 0 saturated carbocycles. The molecule has 7 nitrogen and oxygen atoms in total. The van der Waals surface area contributed by atoms with Gasteiger partial charge in [-0.25, -0.2) is 8.78 Å². The standard InChI is InChI=1S/C26H24F2N4O3/c1-15(14-34-3)35-24-7-6-17(19-11-31(2)30-25(19)24)16-9-21(27)20(22(28)10-16)12-32-13-23-18(26(32)33)5-4-8-29-23/h4-11,15H,12-14H2,1-3H3/t15-/m1/s1/i13D2. The molecule has 0 aliphatic carbocycles. The Kier molecular flexibility index (Phi) is 5.32. The molecule has 9 heteroatoms. The third kappa shape index (κ3) is 4.23. The first kappa shape index (κ1) is 20.5. The highest BCUT2D eigenvalue weighted by Crippen LogP contribution is 2.36. The number of halogens is 2. The number of carbonyl (C=O) groups is 1. The quantitative estimate of drug-likeness (QED) is 0.390. The molecule has 0 bridgehead atoms. The number of benzene rings is 2. The number of fused-ring (bicyclic) bond motifs is 2. The van der Waals surface area contributed by atoms with E-state index < -0.39 is 36.1 Å². The van der Waals surface area contributed by atoms with Crippen LogP contribution in [-0.4, -0.2) is 45.4 Å². The number of carbonyl (C=O) groups excluding carboxylic acids is 1. The number of ether oxygens (including phenoxy) is 2. The van der Waals surface area contributed by atoms with Gasteiger partial charge in [-0.2, -0.15) is 5.10 Å². The number of aromatic nitrogens is 3. The highest BCUT2D eigenvalue weighted by Gasteiger charge is 2.30. The molecule has 0 radical (unpaired) electrons. The predicted octanol–water partition coefficient (Wildman–Crippen LogP) is 4.48. The van der Waals surface area contributed by atoms with Crippen LogP contribution in [0.5, 0.6) is 5.75 Å². The van der Waals surface area contributed by atoms with Crippen molar-refractivity contribution < 1.29 is 25.8 Å². The van der Waals surface area contributed by atoms with E-state index in [0.29, 0.717) is 28.8 Å². The molecule has 0 fully saturated rings. The first-order valence-electron chi connectivity index (χ1n) is 12.0. The molecule has 3 heterocycles. The van der Waals surface area contributed by atoms with E-state index in [9.17, 15) is 4.79 Å². The first-order valence-corrected chi connectivity index (χ1v) is 11.0. The van der Waals surface area contributed by atoms with Gasteiger partial charge in [0, 0.05) is 37.5 Å². The van der Waals surface area contributed by atoms with E-state index in [0.717, 1.165) is 4.90 Å². The van der Waals surface area contributed by atoms with Crippen LogP contribution in [0.25, 0.3) is 22.0 Å². The highest BCUT2D eigenvalue weighted by molar-refractivity contribution is 5.98. The lowest BCUT2D eigenvalue weighted by molar-refractivity contribution is 0.0763. The van der Waals surface area contributed by atoms with Crippen LogP contribution in [-0.2, 0) is 24.8 Å². The van der Waals surface area contributed by atoms with Crippen molar-refractivity contribution in [3.63, 3.8) is 0 Å². The Morgan fingerprint density at radius 1 is 1.20 bits per heavy atom. The molecular weight excluding hydrogens is 454 g/mol. The summed E-state index contributed by atoms with van der Waals surface area (Å²) in [5, 5.41) is 5.10. The minimum Gasteiger partial charge on any atom is -0.486 e. The number of hydrogen-bond donors (Lipinski definition) is 0. The van der Waals surface area contributed by atoms with E-state index in [1.807, 2.05) is 6.92 Å². The minimum atomic E-state index is -2.30. The third-order valence-electron chi connectivity index (χ3n) is 5.78. The van der Waals surface area contributed by atoms with Crippen LogP contribution in [0.1, 0.15) is 31.3 Å². The molecule has 1 aliphatic rings. The van der Waals surface area contributed by atoms with Gasteiger partial charge in [0.2, 0.25) is 0 Å². The van der Waals surface area contributed by atoms with Crippen molar-refractivity contribution in [3.8, 4) is 16.9 Å². The Morgan fingerprint density at radius 2 is 1.97 bits per heavy atom. The predicted molar refractivity (Wildman–Crippen MR) is 126 cm³/mol. The number of nitrogens with zero attached hydrogens (tertiary/aromatic N) is 4. The molecule has 5 rings (SSSR count). The lowest BCUT2D eigenvalue weighted by atomic mass is 9.99. The van der Waals surface area contributed by atoms with Crippen LogP contribution in [0.15, 0.2) is 48.8 Å². The molecule has 35 heavy (non-hydrogen) atoms. The van der Waals surface area contributed by atoms with E-state index >= 15 is 8.78 Å². The van der Waals surface area contributed by atoms with Gasteiger partial charge in [-0.1, -0.05) is 0 Å². The second-order valence-electron chi connectivity index (χ2n) is 8.38. The third-order valence-corrected chi connectivity index (χ3v) is 5.78. The molecule has 0 unspecified atom stereocenters. The minimum absolute atomic E-state index is 0.0708. The number of hydrogen-bond acceptors (Lipinski definition) is 5. The summed E-state index contributed by atoms with van der Waals surface area (Å²) in [6.45, 7) is -0.653. The summed E-state index contributed by atoms with van der Waals surface area (Å²) in [5.41, 5.74) is 0.945. The first-order chi connectivity index (χ1) is 17.6. The van der Waals surface area contributed by atoms with Gasteiger partial charge in [-0.3, -0.25) is 14.5 Å². The molecule has 0 spiro atoms. The molecule has 1 amide bonds. The maximum atomic E-state index is 15.3. The fraction of sp³-hybridized carbons (Fsp3) is 0.269. The molecule has 180 valence electrons. The lowest BCUT2D eigenvalue weighted by Gasteiger charge is -2.18. The summed E-state index contributed by atoms with van der Waals surface area (Å²) in [5.74, 6) is -1.95. The van der Waals surface area contributed by atoms with Gasteiger partial charge < -0.3 is 14.4 Å². The molecule has 1 aliphatic heterocycles. The van der Waals surface area contributed by atoms with E-state index in [4.69, 9.17) is 12.2 Å². The van der Waals surface area contributed by atoms with Crippen molar-refractivity contribution in [1.29, 1.82) is 0 Å². The Labute approximate surface area is 203 Å². The Hall–Kier alpha value is -3.85. The van der Waals surface area contributed by atoms with Crippen LogP contribution in [0, 0.1) is 11.6 Å². The van der Waals surface area contributed by atoms with Crippen molar-refractivity contribution in [2.24, 2.45) is 7.05 Å². The van der Waals surface area contributed by atoms with Crippen molar-refractivity contribution in [2.75, 3.05) is 13.7 Å². The van der Waals surface area contributed by atoms with Crippen LogP contribution in [0.3, 0.4) is 0 Å². The Morgan fingerprint density at radius 3 is 2.69 bits per heavy atom. The monoisotopic (exact) mass is 480 g/mol. The summed E-state index contributed by atoms with van der Waals surface area (Å²) in [6.07, 6.45) is 2.88. The van der Waals surface area contributed by atoms with Gasteiger partial charge in [-0.05, 0) is 54.4 Å². The zero-order chi connectivity index (χ0) is 26.5. The largest absolute Gasteiger partial charge is 0.486 e. The fourth-order valence-electron chi connectivity index (χ4n) is 4.20. The van der Waals surface area contributed by atoms with E-state index in [-0.39, 0.29) is 22.9 Å². The topological polar surface area (TPSA) is 69.5 Å². The fourth-order valence-corrected chi connectivity index (χ4v) is 4.20. The van der Waals surface area contributed by atoms with Crippen LogP contribution >= 0.6 is 0 Å². The zero-order valence-electron chi connectivity index (χ0n) is 21.4. The molecule has 0 saturated heterocycles. The number of pyridine rings is 1. The van der Waals surface area contributed by atoms with E-state index in [1.165, 1.54) is 30.5 Å². The smallest absolute Gasteiger partial charge is 0.256 e. The average molecular weight is 481 g/mol.